The molecule has 1 aromatic carbocycles. The van der Waals surface area contributed by atoms with E-state index in [0.29, 0.717) is 0 Å². The minimum absolute atomic E-state index is 0.00114. The van der Waals surface area contributed by atoms with Gasteiger partial charge in [0.1, 0.15) is 0 Å². The molecule has 0 aliphatic heterocycles. The van der Waals surface area contributed by atoms with E-state index in [2.05, 4.69) is 29.6 Å². The lowest BCUT2D eigenvalue weighted by molar-refractivity contribution is -0.123. The van der Waals surface area contributed by atoms with Gasteiger partial charge in [0.25, 0.3) is 0 Å². The van der Waals surface area contributed by atoms with E-state index in [0.717, 1.165) is 32.1 Å². The fourth-order valence-electron chi connectivity index (χ4n) is 2.57. The third-order valence-electron chi connectivity index (χ3n) is 3.63. The lowest BCUT2D eigenvalue weighted by Gasteiger charge is -2.26. The van der Waals surface area contributed by atoms with E-state index >= 15 is 0 Å². The van der Waals surface area contributed by atoms with Gasteiger partial charge in [0.15, 0.2) is 0 Å². The predicted octanol–water partition coefficient (Wildman–Crippen LogP) is 1.79. The molecule has 1 aromatic rings. The van der Waals surface area contributed by atoms with Crippen molar-refractivity contribution in [3.63, 3.8) is 0 Å². The number of nitrogens with two attached hydrogens (primary N) is 1. The Morgan fingerprint density at radius 1 is 1.44 bits per heavy atom. The van der Waals surface area contributed by atoms with Crippen LogP contribution in [0.25, 0.3) is 0 Å². The minimum Gasteiger partial charge on any atom is -0.352 e. The summed E-state index contributed by atoms with van der Waals surface area (Å²) in [6.07, 6.45) is 4.70. The van der Waals surface area contributed by atoms with Gasteiger partial charge in [-0.15, -0.1) is 0 Å². The first-order valence-electron chi connectivity index (χ1n) is 6.83. The Morgan fingerprint density at radius 2 is 2.17 bits per heavy atom. The second kappa shape index (κ2) is 6.01. The Hall–Kier alpha value is -1.35. The van der Waals surface area contributed by atoms with Crippen molar-refractivity contribution in [1.29, 1.82) is 0 Å². The number of carbonyl (C=O) groups is 1. The Balaban J connectivity index is 1.92. The molecular weight excluding hydrogens is 224 g/mol. The average Bonchev–Trinajstić information content (AvgIpc) is 2.39. The SMILES string of the molecule is CCC[C@@H](N)C(=O)NC1CCc2ccccc2C1. The fourth-order valence-corrected chi connectivity index (χ4v) is 2.57. The van der Waals surface area contributed by atoms with Gasteiger partial charge in [-0.3, -0.25) is 4.79 Å². The highest BCUT2D eigenvalue weighted by atomic mass is 16.2. The summed E-state index contributed by atoms with van der Waals surface area (Å²) in [5, 5.41) is 3.08. The summed E-state index contributed by atoms with van der Waals surface area (Å²) >= 11 is 0. The minimum atomic E-state index is -0.354. The highest BCUT2D eigenvalue weighted by Crippen LogP contribution is 2.21. The molecule has 0 saturated carbocycles. The van der Waals surface area contributed by atoms with E-state index in [-0.39, 0.29) is 18.0 Å². The molecule has 3 heteroatoms. The van der Waals surface area contributed by atoms with E-state index in [1.54, 1.807) is 0 Å². The van der Waals surface area contributed by atoms with Crippen molar-refractivity contribution in [2.45, 2.75) is 51.1 Å². The summed E-state index contributed by atoms with van der Waals surface area (Å²) in [6, 6.07) is 8.36. The summed E-state index contributed by atoms with van der Waals surface area (Å²) in [5.41, 5.74) is 8.60. The van der Waals surface area contributed by atoms with Gasteiger partial charge in [0.2, 0.25) is 5.91 Å². The van der Waals surface area contributed by atoms with E-state index in [1.807, 2.05) is 6.92 Å². The van der Waals surface area contributed by atoms with Gasteiger partial charge in [0.05, 0.1) is 6.04 Å². The van der Waals surface area contributed by atoms with Gasteiger partial charge in [-0.1, -0.05) is 37.6 Å². The van der Waals surface area contributed by atoms with Crippen molar-refractivity contribution in [2.75, 3.05) is 0 Å². The maximum atomic E-state index is 11.9. The lowest BCUT2D eigenvalue weighted by Crippen LogP contribution is -2.47. The summed E-state index contributed by atoms with van der Waals surface area (Å²) in [7, 11) is 0. The lowest BCUT2D eigenvalue weighted by atomic mass is 9.88. The van der Waals surface area contributed by atoms with Gasteiger partial charge >= 0.3 is 0 Å². The van der Waals surface area contributed by atoms with Crippen LogP contribution in [0.3, 0.4) is 0 Å². The monoisotopic (exact) mass is 246 g/mol. The van der Waals surface area contributed by atoms with E-state index in [4.69, 9.17) is 5.73 Å². The quantitative estimate of drug-likeness (QED) is 0.851. The molecule has 0 aromatic heterocycles. The molecule has 1 aliphatic carbocycles. The van der Waals surface area contributed by atoms with Crippen molar-refractivity contribution in [3.8, 4) is 0 Å². The van der Waals surface area contributed by atoms with Crippen LogP contribution in [0.4, 0.5) is 0 Å². The smallest absolute Gasteiger partial charge is 0.237 e. The molecule has 0 bridgehead atoms. The van der Waals surface area contributed by atoms with Crippen LogP contribution in [0.2, 0.25) is 0 Å². The summed E-state index contributed by atoms with van der Waals surface area (Å²) in [5.74, 6) is 0.00114. The van der Waals surface area contributed by atoms with Crippen LogP contribution in [0, 0.1) is 0 Å². The highest BCUT2D eigenvalue weighted by molar-refractivity contribution is 5.81. The van der Waals surface area contributed by atoms with E-state index in [9.17, 15) is 4.79 Å². The number of benzene rings is 1. The first-order valence-corrected chi connectivity index (χ1v) is 6.83. The number of rotatable bonds is 4. The number of fused-ring (bicyclic) bond motifs is 1. The summed E-state index contributed by atoms with van der Waals surface area (Å²) < 4.78 is 0. The molecule has 0 heterocycles. The zero-order valence-corrected chi connectivity index (χ0v) is 11.0. The van der Waals surface area contributed by atoms with Crippen LogP contribution in [-0.2, 0) is 17.6 Å². The molecule has 2 rings (SSSR count). The van der Waals surface area contributed by atoms with Crippen LogP contribution in [0.5, 0.6) is 0 Å². The van der Waals surface area contributed by atoms with Crippen LogP contribution in [-0.4, -0.2) is 18.0 Å². The first kappa shape index (κ1) is 13.1. The predicted molar refractivity (Wildman–Crippen MR) is 73.3 cm³/mol. The molecule has 2 atom stereocenters. The van der Waals surface area contributed by atoms with Gasteiger partial charge < -0.3 is 11.1 Å². The standard InChI is InChI=1S/C15H22N2O/c1-2-5-14(16)15(18)17-13-9-8-11-6-3-4-7-12(11)10-13/h3-4,6-7,13-14H,2,5,8-10,16H2,1H3,(H,17,18)/t13?,14-/m1/s1. The van der Waals surface area contributed by atoms with Crippen LogP contribution in [0.15, 0.2) is 24.3 Å². The maximum Gasteiger partial charge on any atom is 0.237 e. The Bertz CT molecular complexity index is 417. The molecule has 1 amide bonds. The second-order valence-electron chi connectivity index (χ2n) is 5.11. The van der Waals surface area contributed by atoms with Crippen molar-refractivity contribution >= 4 is 5.91 Å². The van der Waals surface area contributed by atoms with Crippen molar-refractivity contribution in [2.24, 2.45) is 5.73 Å². The van der Waals surface area contributed by atoms with Crippen LogP contribution >= 0.6 is 0 Å². The largest absolute Gasteiger partial charge is 0.352 e. The number of hydrogen-bond acceptors (Lipinski definition) is 2. The molecule has 3 N–H and O–H groups in total. The Labute approximate surface area is 109 Å². The molecule has 1 unspecified atom stereocenters. The van der Waals surface area contributed by atoms with E-state index in [1.165, 1.54) is 11.1 Å². The van der Waals surface area contributed by atoms with Crippen LogP contribution < -0.4 is 11.1 Å². The number of hydrogen-bond donors (Lipinski definition) is 2. The normalized spacial score (nSPS) is 20.0. The van der Waals surface area contributed by atoms with E-state index < -0.39 is 0 Å². The summed E-state index contributed by atoms with van der Waals surface area (Å²) in [4.78, 5) is 11.9. The third kappa shape index (κ3) is 3.10. The zero-order valence-electron chi connectivity index (χ0n) is 11.0. The average molecular weight is 246 g/mol. The molecule has 0 fully saturated rings. The fraction of sp³-hybridized carbons (Fsp3) is 0.533. The van der Waals surface area contributed by atoms with Crippen molar-refractivity contribution in [3.05, 3.63) is 35.4 Å². The van der Waals surface area contributed by atoms with Crippen molar-refractivity contribution in [1.82, 2.24) is 5.32 Å². The van der Waals surface area contributed by atoms with Crippen LogP contribution in [0.1, 0.15) is 37.3 Å². The zero-order chi connectivity index (χ0) is 13.0. The summed E-state index contributed by atoms with van der Waals surface area (Å²) in [6.45, 7) is 2.05. The topological polar surface area (TPSA) is 55.1 Å². The van der Waals surface area contributed by atoms with Gasteiger partial charge in [-0.05, 0) is 36.8 Å². The molecule has 98 valence electrons. The molecule has 0 radical (unpaired) electrons. The van der Waals surface area contributed by atoms with Gasteiger partial charge in [0, 0.05) is 6.04 Å². The molecule has 0 spiro atoms. The number of aryl methyl sites for hydroxylation is 1. The Kier molecular flexibility index (Phi) is 4.37. The molecule has 0 saturated heterocycles. The maximum absolute atomic E-state index is 11.9. The molecule has 3 nitrogen and oxygen atoms in total. The van der Waals surface area contributed by atoms with Crippen molar-refractivity contribution < 1.29 is 4.79 Å². The Morgan fingerprint density at radius 3 is 2.89 bits per heavy atom. The van der Waals surface area contributed by atoms with Gasteiger partial charge in [-0.2, -0.15) is 0 Å². The molecule has 1 aliphatic rings. The third-order valence-corrected chi connectivity index (χ3v) is 3.63. The molecular formula is C15H22N2O. The number of carbonyl (C=O) groups excluding carboxylic acids is 1. The number of amides is 1. The molecule has 18 heavy (non-hydrogen) atoms. The first-order chi connectivity index (χ1) is 8.70. The van der Waals surface area contributed by atoms with Gasteiger partial charge in [-0.25, -0.2) is 0 Å². The second-order valence-corrected chi connectivity index (χ2v) is 5.11. The highest BCUT2D eigenvalue weighted by Gasteiger charge is 2.21. The number of nitrogens with one attached hydrogen (secondary N) is 1.